The second kappa shape index (κ2) is 4.64. The van der Waals surface area contributed by atoms with E-state index < -0.39 is 23.0 Å². The van der Waals surface area contributed by atoms with Gasteiger partial charge in [-0.25, -0.2) is 13.2 Å². The predicted octanol–water partition coefficient (Wildman–Crippen LogP) is 3.97. The lowest BCUT2D eigenvalue weighted by molar-refractivity contribution is 0.101. The molecule has 0 saturated carbocycles. The molecule has 2 aromatic carbocycles. The van der Waals surface area contributed by atoms with Gasteiger partial charge >= 0.3 is 0 Å². The summed E-state index contributed by atoms with van der Waals surface area (Å²) in [5.41, 5.74) is -0.509. The highest BCUT2D eigenvalue weighted by Gasteiger charge is 2.16. The van der Waals surface area contributed by atoms with E-state index in [-0.39, 0.29) is 16.9 Å². The Bertz CT molecular complexity index is 600. The molecule has 0 aliphatic carbocycles. The fraction of sp³-hybridized carbons (Fsp3) is 0.0714. The number of hydrogen-bond acceptors (Lipinski definition) is 1. The smallest absolute Gasteiger partial charge is 0.159 e. The van der Waals surface area contributed by atoms with Gasteiger partial charge < -0.3 is 0 Å². The van der Waals surface area contributed by atoms with Crippen LogP contribution in [0.1, 0.15) is 17.3 Å². The molecule has 2 rings (SSSR count). The van der Waals surface area contributed by atoms with E-state index in [1.807, 2.05) is 0 Å². The molecule has 92 valence electrons. The summed E-state index contributed by atoms with van der Waals surface area (Å²) >= 11 is 0. The van der Waals surface area contributed by atoms with E-state index in [1.54, 1.807) is 0 Å². The van der Waals surface area contributed by atoms with Crippen LogP contribution in [0.4, 0.5) is 13.2 Å². The lowest BCUT2D eigenvalue weighted by Gasteiger charge is -2.07. The minimum atomic E-state index is -0.866. The standard InChI is InChI=1S/C14H9F3O/c1-8(18)9-5-6-11(15)10(7-9)14-12(16)3-2-4-13(14)17/h2-7H,1H3. The number of halogens is 3. The van der Waals surface area contributed by atoms with Crippen molar-refractivity contribution in [2.45, 2.75) is 6.92 Å². The summed E-state index contributed by atoms with van der Waals surface area (Å²) in [6, 6.07) is 6.73. The fourth-order valence-electron chi connectivity index (χ4n) is 1.69. The molecule has 0 N–H and O–H groups in total. The van der Waals surface area contributed by atoms with Gasteiger partial charge in [0.05, 0.1) is 5.56 Å². The molecule has 18 heavy (non-hydrogen) atoms. The third-order valence-corrected chi connectivity index (χ3v) is 2.60. The zero-order chi connectivity index (χ0) is 13.3. The summed E-state index contributed by atoms with van der Waals surface area (Å²) in [5, 5.41) is 0. The van der Waals surface area contributed by atoms with Crippen molar-refractivity contribution in [1.82, 2.24) is 0 Å². The van der Waals surface area contributed by atoms with E-state index in [0.29, 0.717) is 0 Å². The third-order valence-electron chi connectivity index (χ3n) is 2.60. The first-order valence-electron chi connectivity index (χ1n) is 5.25. The van der Waals surface area contributed by atoms with E-state index in [2.05, 4.69) is 0 Å². The average molecular weight is 250 g/mol. The molecule has 0 aromatic heterocycles. The Hall–Kier alpha value is -2.10. The molecule has 0 spiro atoms. The molecule has 1 nitrogen and oxygen atoms in total. The topological polar surface area (TPSA) is 17.1 Å². The average Bonchev–Trinajstić information content (AvgIpc) is 2.30. The largest absolute Gasteiger partial charge is 0.295 e. The lowest BCUT2D eigenvalue weighted by atomic mass is 10.00. The summed E-state index contributed by atoms with van der Waals surface area (Å²) in [6.07, 6.45) is 0. The van der Waals surface area contributed by atoms with Gasteiger partial charge in [0.1, 0.15) is 17.5 Å². The maximum Gasteiger partial charge on any atom is 0.159 e. The molecular weight excluding hydrogens is 241 g/mol. The highest BCUT2D eigenvalue weighted by molar-refractivity contribution is 5.95. The Labute approximate surface area is 102 Å². The second-order valence-corrected chi connectivity index (χ2v) is 3.85. The van der Waals surface area contributed by atoms with Crippen molar-refractivity contribution < 1.29 is 18.0 Å². The quantitative estimate of drug-likeness (QED) is 0.737. The summed E-state index contributed by atoms with van der Waals surface area (Å²) < 4.78 is 40.7. The maximum atomic E-state index is 13.6. The molecule has 0 radical (unpaired) electrons. The number of hydrogen-bond donors (Lipinski definition) is 0. The molecule has 2 aromatic rings. The lowest BCUT2D eigenvalue weighted by Crippen LogP contribution is -1.97. The summed E-state index contributed by atoms with van der Waals surface area (Å²) in [5.74, 6) is -2.80. The molecule has 0 unspecified atom stereocenters. The summed E-state index contributed by atoms with van der Waals surface area (Å²) in [6.45, 7) is 1.30. The van der Waals surface area contributed by atoms with Crippen LogP contribution >= 0.6 is 0 Å². The number of Topliss-reactive ketones (excluding diaryl/α,β-unsaturated/α-hetero) is 1. The minimum Gasteiger partial charge on any atom is -0.295 e. The maximum absolute atomic E-state index is 13.6. The van der Waals surface area contributed by atoms with Crippen LogP contribution in [0.2, 0.25) is 0 Å². The highest BCUT2D eigenvalue weighted by Crippen LogP contribution is 2.29. The van der Waals surface area contributed by atoms with Gasteiger partial charge in [0, 0.05) is 11.1 Å². The van der Waals surface area contributed by atoms with Gasteiger partial charge in [-0.1, -0.05) is 6.07 Å². The summed E-state index contributed by atoms with van der Waals surface area (Å²) in [4.78, 5) is 11.2. The molecule has 0 aliphatic heterocycles. The van der Waals surface area contributed by atoms with Gasteiger partial charge in [-0.2, -0.15) is 0 Å². The van der Waals surface area contributed by atoms with E-state index in [0.717, 1.165) is 24.3 Å². The van der Waals surface area contributed by atoms with E-state index in [9.17, 15) is 18.0 Å². The van der Waals surface area contributed by atoms with Gasteiger partial charge in [0.2, 0.25) is 0 Å². The van der Waals surface area contributed by atoms with Crippen molar-refractivity contribution in [1.29, 1.82) is 0 Å². The second-order valence-electron chi connectivity index (χ2n) is 3.85. The number of benzene rings is 2. The molecule has 0 fully saturated rings. The third kappa shape index (κ3) is 2.14. The van der Waals surface area contributed by atoms with Crippen LogP contribution in [0.15, 0.2) is 36.4 Å². The van der Waals surface area contributed by atoms with Gasteiger partial charge in [0.25, 0.3) is 0 Å². The Kier molecular flexibility index (Phi) is 3.19. The zero-order valence-electron chi connectivity index (χ0n) is 9.51. The van der Waals surface area contributed by atoms with Crippen LogP contribution in [0.25, 0.3) is 11.1 Å². The zero-order valence-corrected chi connectivity index (χ0v) is 9.51. The number of carbonyl (C=O) groups is 1. The molecule has 0 aliphatic rings. The highest BCUT2D eigenvalue weighted by atomic mass is 19.1. The number of carbonyl (C=O) groups excluding carboxylic acids is 1. The van der Waals surface area contributed by atoms with Gasteiger partial charge in [0.15, 0.2) is 5.78 Å². The van der Waals surface area contributed by atoms with Crippen LogP contribution < -0.4 is 0 Å². The van der Waals surface area contributed by atoms with Gasteiger partial charge in [-0.15, -0.1) is 0 Å². The van der Waals surface area contributed by atoms with Crippen LogP contribution in [-0.4, -0.2) is 5.78 Å². The van der Waals surface area contributed by atoms with Crippen molar-refractivity contribution in [2.24, 2.45) is 0 Å². The molecule has 0 saturated heterocycles. The first kappa shape index (κ1) is 12.4. The Morgan fingerprint density at radius 3 is 2.11 bits per heavy atom. The van der Waals surface area contributed by atoms with Crippen molar-refractivity contribution in [3.8, 4) is 11.1 Å². The Balaban J connectivity index is 2.70. The number of rotatable bonds is 2. The molecule has 4 heteroatoms. The van der Waals surface area contributed by atoms with Crippen LogP contribution in [0.5, 0.6) is 0 Å². The molecule has 0 amide bonds. The fourth-order valence-corrected chi connectivity index (χ4v) is 1.69. The summed E-state index contributed by atoms with van der Waals surface area (Å²) in [7, 11) is 0. The van der Waals surface area contributed by atoms with Crippen molar-refractivity contribution in [3.63, 3.8) is 0 Å². The Morgan fingerprint density at radius 1 is 0.944 bits per heavy atom. The van der Waals surface area contributed by atoms with E-state index >= 15 is 0 Å². The minimum absolute atomic E-state index is 0.203. The van der Waals surface area contributed by atoms with E-state index in [1.165, 1.54) is 19.1 Å². The first-order chi connectivity index (χ1) is 8.50. The molecule has 0 heterocycles. The van der Waals surface area contributed by atoms with Crippen LogP contribution in [-0.2, 0) is 0 Å². The SMILES string of the molecule is CC(=O)c1ccc(F)c(-c2c(F)cccc2F)c1. The van der Waals surface area contributed by atoms with Crippen LogP contribution in [0.3, 0.4) is 0 Å². The van der Waals surface area contributed by atoms with E-state index in [4.69, 9.17) is 0 Å². The predicted molar refractivity (Wildman–Crippen MR) is 61.8 cm³/mol. The van der Waals surface area contributed by atoms with Crippen molar-refractivity contribution in [3.05, 3.63) is 59.4 Å². The van der Waals surface area contributed by atoms with Gasteiger partial charge in [-0.3, -0.25) is 4.79 Å². The normalized spacial score (nSPS) is 10.4. The van der Waals surface area contributed by atoms with Crippen LogP contribution in [0, 0.1) is 17.5 Å². The van der Waals surface area contributed by atoms with Crippen molar-refractivity contribution >= 4 is 5.78 Å². The molecular formula is C14H9F3O. The number of ketones is 1. The van der Waals surface area contributed by atoms with Gasteiger partial charge in [-0.05, 0) is 37.3 Å². The monoisotopic (exact) mass is 250 g/mol. The first-order valence-corrected chi connectivity index (χ1v) is 5.25. The van der Waals surface area contributed by atoms with Crippen molar-refractivity contribution in [2.75, 3.05) is 0 Å². The molecule has 0 bridgehead atoms. The molecule has 0 atom stereocenters. The Morgan fingerprint density at radius 2 is 1.56 bits per heavy atom.